The predicted octanol–water partition coefficient (Wildman–Crippen LogP) is 2.73. The number of carbonyl (C=O) groups is 1. The Balaban J connectivity index is 1.67. The van der Waals surface area contributed by atoms with Gasteiger partial charge in [-0.3, -0.25) is 0 Å². The van der Waals surface area contributed by atoms with Gasteiger partial charge in [0.2, 0.25) is 0 Å². The van der Waals surface area contributed by atoms with Crippen LogP contribution in [0.5, 0.6) is 0 Å². The lowest BCUT2D eigenvalue weighted by molar-refractivity contribution is 0.0600. The van der Waals surface area contributed by atoms with Gasteiger partial charge in [0.15, 0.2) is 0 Å². The van der Waals surface area contributed by atoms with E-state index in [0.29, 0.717) is 11.5 Å². The molecule has 0 radical (unpaired) electrons. The zero-order valence-corrected chi connectivity index (χ0v) is 12.2. The minimum atomic E-state index is -0.305. The van der Waals surface area contributed by atoms with E-state index in [1.54, 1.807) is 12.1 Å². The van der Waals surface area contributed by atoms with E-state index in [1.807, 2.05) is 12.1 Å². The number of rotatable bonds is 5. The van der Waals surface area contributed by atoms with Crippen LogP contribution in [-0.4, -0.2) is 17.6 Å². The van der Waals surface area contributed by atoms with Crippen molar-refractivity contribution in [3.05, 3.63) is 59.4 Å². The summed E-state index contributed by atoms with van der Waals surface area (Å²) in [6, 6.07) is 9.77. The average molecular weight is 284 g/mol. The molecule has 1 unspecified atom stereocenters. The Morgan fingerprint density at radius 3 is 2.67 bits per heavy atom. The quantitative estimate of drug-likeness (QED) is 0.859. The Bertz CT molecular complexity index is 626. The van der Waals surface area contributed by atoms with Crippen LogP contribution in [0.4, 0.5) is 0 Å². The van der Waals surface area contributed by atoms with Crippen LogP contribution >= 0.6 is 0 Å². The van der Waals surface area contributed by atoms with Crippen molar-refractivity contribution in [3.63, 3.8) is 0 Å². The van der Waals surface area contributed by atoms with Gasteiger partial charge < -0.3 is 15.0 Å². The van der Waals surface area contributed by atoms with Gasteiger partial charge in [-0.1, -0.05) is 12.1 Å². The molecular formula is C17H20N2O2. The zero-order chi connectivity index (χ0) is 14.8. The van der Waals surface area contributed by atoms with Gasteiger partial charge in [0, 0.05) is 25.0 Å². The molecule has 1 aromatic heterocycles. The number of methoxy groups -OCH3 is 1. The number of carbonyl (C=O) groups excluding carboxylic acids is 1. The maximum absolute atomic E-state index is 11.4. The first-order valence-corrected chi connectivity index (χ1v) is 7.26. The fourth-order valence-corrected chi connectivity index (χ4v) is 2.56. The largest absolute Gasteiger partial charge is 0.465 e. The lowest BCUT2D eigenvalue weighted by Crippen LogP contribution is -2.11. The van der Waals surface area contributed by atoms with E-state index in [9.17, 15) is 4.79 Å². The van der Waals surface area contributed by atoms with Gasteiger partial charge in [-0.25, -0.2) is 4.79 Å². The summed E-state index contributed by atoms with van der Waals surface area (Å²) >= 11 is 0. The molecule has 21 heavy (non-hydrogen) atoms. The molecule has 1 aliphatic rings. The van der Waals surface area contributed by atoms with Gasteiger partial charge in [-0.05, 0) is 48.1 Å². The minimum absolute atomic E-state index is 0.174. The van der Waals surface area contributed by atoms with Crippen LogP contribution in [0.25, 0.3) is 0 Å². The number of aromatic nitrogens is 1. The highest BCUT2D eigenvalue weighted by atomic mass is 16.5. The van der Waals surface area contributed by atoms with Crippen LogP contribution in [-0.2, 0) is 11.3 Å². The summed E-state index contributed by atoms with van der Waals surface area (Å²) < 4.78 is 6.82. The zero-order valence-electron chi connectivity index (χ0n) is 12.2. The molecule has 1 saturated carbocycles. The predicted molar refractivity (Wildman–Crippen MR) is 81.0 cm³/mol. The van der Waals surface area contributed by atoms with Gasteiger partial charge in [-0.2, -0.15) is 0 Å². The van der Waals surface area contributed by atoms with Crippen molar-refractivity contribution in [2.24, 2.45) is 11.7 Å². The Morgan fingerprint density at radius 2 is 2.05 bits per heavy atom. The molecule has 0 aliphatic heterocycles. The first kappa shape index (κ1) is 13.9. The van der Waals surface area contributed by atoms with Crippen molar-refractivity contribution in [1.82, 2.24) is 4.57 Å². The molecule has 1 heterocycles. The van der Waals surface area contributed by atoms with E-state index >= 15 is 0 Å². The standard InChI is InChI=1S/C17H20N2O2/c1-21-17(20)14-4-2-12(3-5-14)10-19-9-8-15(11-19)16(18)13-6-7-13/h2-5,8-9,11,13,16H,6-7,10,18H2,1H3. The van der Waals surface area contributed by atoms with Gasteiger partial charge >= 0.3 is 5.97 Å². The lowest BCUT2D eigenvalue weighted by atomic mass is 10.1. The summed E-state index contributed by atoms with van der Waals surface area (Å²) in [5.74, 6) is 0.361. The van der Waals surface area contributed by atoms with E-state index in [2.05, 4.69) is 23.0 Å². The number of ether oxygens (including phenoxy) is 1. The van der Waals surface area contributed by atoms with E-state index in [1.165, 1.54) is 25.5 Å². The molecule has 2 N–H and O–H groups in total. The van der Waals surface area contributed by atoms with Crippen molar-refractivity contribution >= 4 is 5.97 Å². The molecular weight excluding hydrogens is 264 g/mol. The summed E-state index contributed by atoms with van der Waals surface area (Å²) in [6.07, 6.45) is 6.69. The molecule has 0 spiro atoms. The molecule has 2 aromatic rings. The molecule has 3 rings (SSSR count). The van der Waals surface area contributed by atoms with Crippen molar-refractivity contribution in [1.29, 1.82) is 0 Å². The number of esters is 1. The molecule has 1 aliphatic carbocycles. The van der Waals surface area contributed by atoms with Crippen molar-refractivity contribution in [3.8, 4) is 0 Å². The van der Waals surface area contributed by atoms with Crippen LogP contribution in [0.2, 0.25) is 0 Å². The van der Waals surface area contributed by atoms with Crippen LogP contribution in [0.15, 0.2) is 42.7 Å². The Hall–Kier alpha value is -2.07. The number of hydrogen-bond donors (Lipinski definition) is 1. The SMILES string of the molecule is COC(=O)c1ccc(Cn2ccc(C(N)C3CC3)c2)cc1. The smallest absolute Gasteiger partial charge is 0.337 e. The molecule has 0 amide bonds. The number of nitrogens with two attached hydrogens (primary N) is 1. The highest BCUT2D eigenvalue weighted by molar-refractivity contribution is 5.89. The third-order valence-corrected chi connectivity index (χ3v) is 4.03. The monoisotopic (exact) mass is 284 g/mol. The summed E-state index contributed by atoms with van der Waals surface area (Å²) in [7, 11) is 1.39. The van der Waals surface area contributed by atoms with Crippen LogP contribution < -0.4 is 5.73 Å². The topological polar surface area (TPSA) is 57.2 Å². The molecule has 110 valence electrons. The second-order valence-electron chi connectivity index (χ2n) is 5.67. The van der Waals surface area contributed by atoms with Gasteiger partial charge in [0.1, 0.15) is 0 Å². The second kappa shape index (κ2) is 5.74. The number of benzene rings is 1. The van der Waals surface area contributed by atoms with Crippen LogP contribution in [0.1, 0.15) is 40.4 Å². The summed E-state index contributed by atoms with van der Waals surface area (Å²) in [4.78, 5) is 11.4. The Kier molecular flexibility index (Phi) is 3.80. The fraction of sp³-hybridized carbons (Fsp3) is 0.353. The first-order valence-electron chi connectivity index (χ1n) is 7.26. The Morgan fingerprint density at radius 1 is 1.33 bits per heavy atom. The fourth-order valence-electron chi connectivity index (χ4n) is 2.56. The molecule has 1 fully saturated rings. The van der Waals surface area contributed by atoms with Crippen LogP contribution in [0.3, 0.4) is 0 Å². The average Bonchev–Trinajstić information content (AvgIpc) is 3.26. The Labute approximate surface area is 124 Å². The molecule has 0 saturated heterocycles. The molecule has 1 atom stereocenters. The summed E-state index contributed by atoms with van der Waals surface area (Å²) in [5.41, 5.74) is 9.14. The summed E-state index contributed by atoms with van der Waals surface area (Å²) in [5, 5.41) is 0. The van der Waals surface area contributed by atoms with Crippen molar-refractivity contribution < 1.29 is 9.53 Å². The van der Waals surface area contributed by atoms with Crippen molar-refractivity contribution in [2.75, 3.05) is 7.11 Å². The van der Waals surface area contributed by atoms with Gasteiger partial charge in [-0.15, -0.1) is 0 Å². The second-order valence-corrected chi connectivity index (χ2v) is 5.67. The molecule has 4 nitrogen and oxygen atoms in total. The maximum Gasteiger partial charge on any atom is 0.337 e. The minimum Gasteiger partial charge on any atom is -0.465 e. The first-order chi connectivity index (χ1) is 10.2. The lowest BCUT2D eigenvalue weighted by Gasteiger charge is -2.08. The van der Waals surface area contributed by atoms with E-state index in [-0.39, 0.29) is 12.0 Å². The highest BCUT2D eigenvalue weighted by Crippen LogP contribution is 2.39. The highest BCUT2D eigenvalue weighted by Gasteiger charge is 2.29. The summed E-state index contributed by atoms with van der Waals surface area (Å²) in [6.45, 7) is 0.777. The number of nitrogens with zero attached hydrogens (tertiary/aromatic N) is 1. The van der Waals surface area contributed by atoms with E-state index in [0.717, 1.165) is 12.1 Å². The maximum atomic E-state index is 11.4. The van der Waals surface area contributed by atoms with Gasteiger partial charge in [0.25, 0.3) is 0 Å². The van der Waals surface area contributed by atoms with Crippen molar-refractivity contribution in [2.45, 2.75) is 25.4 Å². The third kappa shape index (κ3) is 3.16. The third-order valence-electron chi connectivity index (χ3n) is 4.03. The molecule has 0 bridgehead atoms. The number of hydrogen-bond acceptors (Lipinski definition) is 3. The van der Waals surface area contributed by atoms with Crippen LogP contribution in [0, 0.1) is 5.92 Å². The van der Waals surface area contributed by atoms with Gasteiger partial charge in [0.05, 0.1) is 12.7 Å². The molecule has 1 aromatic carbocycles. The van der Waals surface area contributed by atoms with E-state index in [4.69, 9.17) is 10.5 Å². The normalized spacial score (nSPS) is 15.7. The molecule has 4 heteroatoms. The van der Waals surface area contributed by atoms with E-state index < -0.39 is 0 Å².